The van der Waals surface area contributed by atoms with E-state index in [1.54, 1.807) is 18.5 Å². The van der Waals surface area contributed by atoms with Gasteiger partial charge in [0.2, 0.25) is 0 Å². The first-order valence-electron chi connectivity index (χ1n) is 6.61. The van der Waals surface area contributed by atoms with Crippen LogP contribution in [0, 0.1) is 0 Å². The highest BCUT2D eigenvalue weighted by Crippen LogP contribution is 2.20. The molecule has 0 aliphatic heterocycles. The quantitative estimate of drug-likeness (QED) is 0.505. The number of aliphatic hydroxyl groups excluding tert-OH is 1. The molecule has 0 radical (unpaired) electrons. The number of hydrogen-bond donors (Lipinski definition) is 2. The number of allylic oxidation sites excluding steroid dienone is 2. The first-order valence-corrected chi connectivity index (χ1v) is 6.99. The molecule has 110 valence electrons. The average Bonchev–Trinajstić information content (AvgIpc) is 2.46. The SMILES string of the molecule is CC(N)=C(C=NCCCO)c1cnc2ccc(Cl)nc2c1. The second-order valence-electron chi connectivity index (χ2n) is 4.61. The molecule has 6 heteroatoms. The molecule has 0 aliphatic carbocycles. The zero-order chi connectivity index (χ0) is 15.2. The van der Waals surface area contributed by atoms with Crippen molar-refractivity contribution in [1.82, 2.24) is 9.97 Å². The van der Waals surface area contributed by atoms with Crippen LogP contribution >= 0.6 is 11.6 Å². The fourth-order valence-corrected chi connectivity index (χ4v) is 2.00. The van der Waals surface area contributed by atoms with Gasteiger partial charge in [-0.25, -0.2) is 4.98 Å². The largest absolute Gasteiger partial charge is 0.402 e. The van der Waals surface area contributed by atoms with Crippen molar-refractivity contribution >= 4 is 34.4 Å². The first-order chi connectivity index (χ1) is 10.1. The Morgan fingerprint density at radius 3 is 2.95 bits per heavy atom. The van der Waals surface area contributed by atoms with Crippen LogP contribution in [0.2, 0.25) is 5.15 Å². The van der Waals surface area contributed by atoms with Gasteiger partial charge in [-0.05, 0) is 31.5 Å². The zero-order valence-electron chi connectivity index (χ0n) is 11.8. The second-order valence-corrected chi connectivity index (χ2v) is 4.99. The summed E-state index contributed by atoms with van der Waals surface area (Å²) in [5, 5.41) is 9.18. The van der Waals surface area contributed by atoms with Crippen LogP contribution in [0.1, 0.15) is 18.9 Å². The molecule has 0 saturated carbocycles. The molecule has 2 aromatic rings. The van der Waals surface area contributed by atoms with Gasteiger partial charge in [-0.15, -0.1) is 0 Å². The minimum Gasteiger partial charge on any atom is -0.402 e. The smallest absolute Gasteiger partial charge is 0.129 e. The molecule has 0 amide bonds. The number of hydrogen-bond acceptors (Lipinski definition) is 5. The Morgan fingerprint density at radius 2 is 2.24 bits per heavy atom. The van der Waals surface area contributed by atoms with Crippen LogP contribution in [0.15, 0.2) is 35.1 Å². The fraction of sp³-hybridized carbons (Fsp3) is 0.267. The summed E-state index contributed by atoms with van der Waals surface area (Å²) in [5.41, 5.74) is 9.68. The molecule has 0 bridgehead atoms. The molecule has 2 rings (SSSR count). The van der Waals surface area contributed by atoms with E-state index in [1.807, 2.05) is 19.1 Å². The third kappa shape index (κ3) is 4.00. The van der Waals surface area contributed by atoms with Crippen molar-refractivity contribution in [2.75, 3.05) is 13.2 Å². The predicted molar refractivity (Wildman–Crippen MR) is 86.4 cm³/mol. The Balaban J connectivity index is 2.37. The van der Waals surface area contributed by atoms with Crippen molar-refractivity contribution in [3.63, 3.8) is 0 Å². The van der Waals surface area contributed by atoms with Gasteiger partial charge in [-0.3, -0.25) is 9.98 Å². The molecule has 0 aliphatic rings. The zero-order valence-corrected chi connectivity index (χ0v) is 12.5. The van der Waals surface area contributed by atoms with Crippen LogP contribution < -0.4 is 5.73 Å². The van der Waals surface area contributed by atoms with Gasteiger partial charge in [0.15, 0.2) is 0 Å². The topological polar surface area (TPSA) is 84.4 Å². The number of rotatable bonds is 5. The van der Waals surface area contributed by atoms with Crippen LogP contribution in [0.3, 0.4) is 0 Å². The van der Waals surface area contributed by atoms with Gasteiger partial charge in [0, 0.05) is 42.4 Å². The van der Waals surface area contributed by atoms with E-state index in [4.69, 9.17) is 22.4 Å². The molecule has 0 atom stereocenters. The summed E-state index contributed by atoms with van der Waals surface area (Å²) >= 11 is 5.91. The first kappa shape index (κ1) is 15.4. The van der Waals surface area contributed by atoms with E-state index in [1.165, 1.54) is 0 Å². The highest BCUT2D eigenvalue weighted by molar-refractivity contribution is 6.29. The van der Waals surface area contributed by atoms with Gasteiger partial charge in [0.25, 0.3) is 0 Å². The summed E-state index contributed by atoms with van der Waals surface area (Å²) < 4.78 is 0. The summed E-state index contributed by atoms with van der Waals surface area (Å²) in [6.07, 6.45) is 4.07. The number of aliphatic imine (C=N–C) groups is 1. The monoisotopic (exact) mass is 304 g/mol. The molecule has 5 nitrogen and oxygen atoms in total. The van der Waals surface area contributed by atoms with Gasteiger partial charge in [0.1, 0.15) is 5.15 Å². The Bertz CT molecular complexity index is 693. The number of fused-ring (bicyclic) bond motifs is 1. The Labute approximate surface area is 128 Å². The summed E-state index contributed by atoms with van der Waals surface area (Å²) in [5.74, 6) is 0. The van der Waals surface area contributed by atoms with Crippen LogP contribution in [-0.4, -0.2) is 34.4 Å². The maximum Gasteiger partial charge on any atom is 0.129 e. The third-order valence-electron chi connectivity index (χ3n) is 2.90. The molecular formula is C15H17ClN4O. The van der Waals surface area contributed by atoms with E-state index in [-0.39, 0.29) is 6.61 Å². The minimum atomic E-state index is 0.123. The van der Waals surface area contributed by atoms with Crippen LogP contribution in [0.5, 0.6) is 0 Å². The normalized spacial score (nSPS) is 12.9. The van der Waals surface area contributed by atoms with Crippen molar-refractivity contribution in [2.45, 2.75) is 13.3 Å². The molecule has 0 aromatic carbocycles. The molecule has 21 heavy (non-hydrogen) atoms. The second kappa shape index (κ2) is 7.15. The Kier molecular flexibility index (Phi) is 5.25. The van der Waals surface area contributed by atoms with Crippen molar-refractivity contribution < 1.29 is 5.11 Å². The van der Waals surface area contributed by atoms with Crippen LogP contribution in [0.4, 0.5) is 0 Å². The van der Waals surface area contributed by atoms with Gasteiger partial charge in [0.05, 0.1) is 11.0 Å². The summed E-state index contributed by atoms with van der Waals surface area (Å²) in [4.78, 5) is 12.9. The van der Waals surface area contributed by atoms with Crippen molar-refractivity contribution in [1.29, 1.82) is 0 Å². The van der Waals surface area contributed by atoms with E-state index < -0.39 is 0 Å². The van der Waals surface area contributed by atoms with E-state index in [9.17, 15) is 0 Å². The minimum absolute atomic E-state index is 0.123. The molecule has 0 fully saturated rings. The molecule has 3 N–H and O–H groups in total. The third-order valence-corrected chi connectivity index (χ3v) is 3.12. The predicted octanol–water partition coefficient (Wildman–Crippen LogP) is 2.43. The molecule has 0 saturated heterocycles. The number of pyridine rings is 2. The lowest BCUT2D eigenvalue weighted by molar-refractivity contribution is 0.291. The maximum atomic E-state index is 8.76. The van der Waals surface area contributed by atoms with Gasteiger partial charge in [-0.2, -0.15) is 0 Å². The number of aliphatic hydroxyl groups is 1. The molecule has 0 unspecified atom stereocenters. The lowest BCUT2D eigenvalue weighted by Crippen LogP contribution is -2.01. The maximum absolute atomic E-state index is 8.76. The number of aromatic nitrogens is 2. The summed E-state index contributed by atoms with van der Waals surface area (Å²) in [6.45, 7) is 2.49. The van der Waals surface area contributed by atoms with Gasteiger partial charge < -0.3 is 10.8 Å². The van der Waals surface area contributed by atoms with E-state index in [0.29, 0.717) is 29.3 Å². The summed E-state index contributed by atoms with van der Waals surface area (Å²) in [6, 6.07) is 5.41. The van der Waals surface area contributed by atoms with Gasteiger partial charge in [-0.1, -0.05) is 11.6 Å². The highest BCUT2D eigenvalue weighted by atomic mass is 35.5. The Morgan fingerprint density at radius 1 is 1.43 bits per heavy atom. The number of halogens is 1. The van der Waals surface area contributed by atoms with E-state index >= 15 is 0 Å². The van der Waals surface area contributed by atoms with E-state index in [0.717, 1.165) is 16.7 Å². The Hall–Kier alpha value is -1.98. The molecule has 0 spiro atoms. The molecule has 2 aromatic heterocycles. The van der Waals surface area contributed by atoms with Crippen LogP contribution in [-0.2, 0) is 0 Å². The highest BCUT2D eigenvalue weighted by Gasteiger charge is 2.06. The van der Waals surface area contributed by atoms with Crippen LogP contribution in [0.25, 0.3) is 16.6 Å². The fourth-order valence-electron chi connectivity index (χ4n) is 1.85. The summed E-state index contributed by atoms with van der Waals surface area (Å²) in [7, 11) is 0. The average molecular weight is 305 g/mol. The molecular weight excluding hydrogens is 288 g/mol. The lowest BCUT2D eigenvalue weighted by atomic mass is 10.1. The number of nitrogens with two attached hydrogens (primary N) is 1. The standard InChI is InChI=1S/C15H17ClN4O/c1-10(17)12(9-18-5-2-6-21)11-7-14-13(19-8-11)3-4-15(16)20-14/h3-4,7-9,21H,2,5-6,17H2,1H3. The van der Waals surface area contributed by atoms with Crippen molar-refractivity contribution in [2.24, 2.45) is 10.7 Å². The lowest BCUT2D eigenvalue weighted by Gasteiger charge is -2.06. The van der Waals surface area contributed by atoms with Crippen molar-refractivity contribution in [3.8, 4) is 0 Å². The molecule has 2 heterocycles. The number of nitrogens with zero attached hydrogens (tertiary/aromatic N) is 3. The van der Waals surface area contributed by atoms with E-state index in [2.05, 4.69) is 15.0 Å². The van der Waals surface area contributed by atoms with Crippen molar-refractivity contribution in [3.05, 3.63) is 40.8 Å². The van der Waals surface area contributed by atoms with Gasteiger partial charge >= 0.3 is 0 Å².